The van der Waals surface area contributed by atoms with E-state index < -0.39 is 0 Å². The van der Waals surface area contributed by atoms with Crippen LogP contribution >= 0.6 is 50.5 Å². The fourth-order valence-electron chi connectivity index (χ4n) is 4.13. The van der Waals surface area contributed by atoms with E-state index in [9.17, 15) is 0 Å². The van der Waals surface area contributed by atoms with Gasteiger partial charge in [0.25, 0.3) is 0 Å². The molecule has 166 valence electrons. The van der Waals surface area contributed by atoms with E-state index in [1.165, 1.54) is 0 Å². The molecule has 0 unspecified atom stereocenters. The van der Waals surface area contributed by atoms with Crippen molar-refractivity contribution in [3.63, 3.8) is 0 Å². The van der Waals surface area contributed by atoms with Gasteiger partial charge in [-0.2, -0.15) is 0 Å². The molecule has 0 N–H and O–H groups in total. The summed E-state index contributed by atoms with van der Waals surface area (Å²) in [6.45, 7) is 0. The van der Waals surface area contributed by atoms with Crippen molar-refractivity contribution in [2.75, 3.05) is 0 Å². The molecule has 5 aromatic carbocycles. The van der Waals surface area contributed by atoms with Crippen LogP contribution in [-0.2, 0) is 0 Å². The summed E-state index contributed by atoms with van der Waals surface area (Å²) < 4.78 is 0. The Balaban J connectivity index is 1.45. The molecule has 4 heteroatoms. The zero-order valence-electron chi connectivity index (χ0n) is 18.2. The molecule has 0 amide bonds. The second kappa shape index (κ2) is 10.0. The Bertz CT molecular complexity index is 1350. The molecule has 0 saturated carbocycles. The molecule has 34 heavy (non-hydrogen) atoms. The van der Waals surface area contributed by atoms with Crippen LogP contribution in [0.4, 0.5) is 0 Å². The molecular weight excluding hydrogens is 489 g/mol. The second-order valence-corrected chi connectivity index (χ2v) is 10.0. The number of hydrogen-bond donors (Lipinski definition) is 4. The largest absolute Gasteiger partial charge is 0.143 e. The first-order valence-corrected chi connectivity index (χ1v) is 12.6. The highest BCUT2D eigenvalue weighted by atomic mass is 32.1. The summed E-state index contributed by atoms with van der Waals surface area (Å²) >= 11 is 18.8. The predicted molar refractivity (Wildman–Crippen MR) is 157 cm³/mol. The van der Waals surface area contributed by atoms with Gasteiger partial charge in [-0.1, -0.05) is 84.9 Å². The zero-order valence-corrected chi connectivity index (χ0v) is 21.8. The zero-order chi connectivity index (χ0) is 23.7. The van der Waals surface area contributed by atoms with Gasteiger partial charge in [0.1, 0.15) is 0 Å². The van der Waals surface area contributed by atoms with E-state index in [4.69, 9.17) is 25.3 Å². The van der Waals surface area contributed by atoms with Gasteiger partial charge in [-0.3, -0.25) is 0 Å². The summed E-state index contributed by atoms with van der Waals surface area (Å²) in [4.78, 5) is 3.77. The van der Waals surface area contributed by atoms with Crippen molar-refractivity contribution in [2.45, 2.75) is 19.6 Å². The Kier molecular flexibility index (Phi) is 6.84. The monoisotopic (exact) mass is 510 g/mol. The highest BCUT2D eigenvalue weighted by Crippen LogP contribution is 2.38. The van der Waals surface area contributed by atoms with Crippen LogP contribution in [0.15, 0.2) is 129 Å². The Morgan fingerprint density at radius 1 is 0.294 bits per heavy atom. The molecule has 0 radical (unpaired) electrons. The normalized spacial score (nSPS) is 10.9. The second-order valence-electron chi connectivity index (χ2n) is 8.08. The quantitative estimate of drug-likeness (QED) is 0.170. The molecule has 0 spiro atoms. The first kappa shape index (κ1) is 23.3. The van der Waals surface area contributed by atoms with Crippen LogP contribution in [0.5, 0.6) is 0 Å². The third-order valence-corrected chi connectivity index (χ3v) is 7.46. The summed E-state index contributed by atoms with van der Waals surface area (Å²) in [6, 6.07) is 37.4. The van der Waals surface area contributed by atoms with E-state index in [0.29, 0.717) is 0 Å². The fraction of sp³-hybridized carbons (Fsp3) is 0. The van der Waals surface area contributed by atoms with Crippen molar-refractivity contribution < 1.29 is 0 Å². The maximum Gasteiger partial charge on any atom is 0.0126 e. The van der Waals surface area contributed by atoms with Gasteiger partial charge in [0.2, 0.25) is 0 Å². The Morgan fingerprint density at radius 3 is 0.912 bits per heavy atom. The lowest BCUT2D eigenvalue weighted by molar-refractivity contribution is 1.35. The number of rotatable bonds is 4. The third kappa shape index (κ3) is 4.69. The number of thiol groups is 4. The van der Waals surface area contributed by atoms with Gasteiger partial charge >= 0.3 is 0 Å². The van der Waals surface area contributed by atoms with E-state index in [0.717, 1.165) is 64.1 Å². The predicted octanol–water partition coefficient (Wildman–Crippen LogP) is 9.51. The average molecular weight is 511 g/mol. The molecule has 0 aromatic heterocycles. The van der Waals surface area contributed by atoms with Crippen LogP contribution in [0.1, 0.15) is 0 Å². The molecule has 0 aliphatic rings. The lowest BCUT2D eigenvalue weighted by Gasteiger charge is -2.13. The average Bonchev–Trinajstić information content (AvgIpc) is 2.86. The third-order valence-electron chi connectivity index (χ3n) is 5.94. The fourth-order valence-corrected chi connectivity index (χ4v) is 5.36. The minimum absolute atomic E-state index is 0.917. The molecule has 0 aliphatic heterocycles. The van der Waals surface area contributed by atoms with Gasteiger partial charge in [0.15, 0.2) is 0 Å². The van der Waals surface area contributed by atoms with Crippen LogP contribution in [0.25, 0.3) is 44.5 Å². The number of benzene rings is 5. The van der Waals surface area contributed by atoms with E-state index in [-0.39, 0.29) is 0 Å². The van der Waals surface area contributed by atoms with Crippen molar-refractivity contribution in [1.29, 1.82) is 0 Å². The van der Waals surface area contributed by atoms with E-state index in [1.807, 2.05) is 36.4 Å². The SMILES string of the molecule is Sc1ccccc1-c1ccc(-c2cc(S)c(-c3ccc(-c4ccccc4S)cc3)cc2S)cc1. The van der Waals surface area contributed by atoms with Gasteiger partial charge < -0.3 is 0 Å². The first-order valence-electron chi connectivity index (χ1n) is 10.8. The van der Waals surface area contributed by atoms with Crippen molar-refractivity contribution in [3.05, 3.63) is 109 Å². The molecule has 0 bridgehead atoms. The lowest BCUT2D eigenvalue weighted by Crippen LogP contribution is -1.88. The van der Waals surface area contributed by atoms with Gasteiger partial charge in [-0.05, 0) is 68.8 Å². The molecule has 0 aliphatic carbocycles. The standard InChI is InChI=1S/C30H22S4/c31-27-7-3-1-5-23(27)19-9-13-21(14-10-19)25-17-30(34)26(18-29(25)33)22-15-11-20(12-16-22)24-6-2-4-8-28(24)32/h1-18,31-34H. The molecule has 0 heterocycles. The summed E-state index contributed by atoms with van der Waals surface area (Å²) in [5.74, 6) is 0. The van der Waals surface area contributed by atoms with Crippen LogP contribution in [0.3, 0.4) is 0 Å². The van der Waals surface area contributed by atoms with Crippen LogP contribution in [0.2, 0.25) is 0 Å². The number of hydrogen-bond acceptors (Lipinski definition) is 4. The van der Waals surface area contributed by atoms with Crippen molar-refractivity contribution in [3.8, 4) is 44.5 Å². The Morgan fingerprint density at radius 2 is 0.588 bits per heavy atom. The molecule has 0 nitrogen and oxygen atoms in total. The first-order chi connectivity index (χ1) is 16.5. The van der Waals surface area contributed by atoms with Gasteiger partial charge in [0.05, 0.1) is 0 Å². The van der Waals surface area contributed by atoms with Gasteiger partial charge in [-0.15, -0.1) is 50.5 Å². The smallest absolute Gasteiger partial charge is 0.0126 e. The molecule has 5 aromatic rings. The molecule has 0 fully saturated rings. The maximum absolute atomic E-state index is 4.82. The van der Waals surface area contributed by atoms with Gasteiger partial charge in [-0.25, -0.2) is 0 Å². The van der Waals surface area contributed by atoms with E-state index in [1.54, 1.807) is 0 Å². The summed E-state index contributed by atoms with van der Waals surface area (Å²) in [5, 5.41) is 0. The molecule has 5 rings (SSSR count). The minimum atomic E-state index is 0.917. The Labute approximate surface area is 222 Å². The summed E-state index contributed by atoms with van der Waals surface area (Å²) in [5.41, 5.74) is 8.85. The molecule has 0 atom stereocenters. The highest BCUT2D eigenvalue weighted by Gasteiger charge is 2.11. The van der Waals surface area contributed by atoms with Crippen molar-refractivity contribution in [2.24, 2.45) is 0 Å². The Hall–Kier alpha value is -2.50. The van der Waals surface area contributed by atoms with Crippen LogP contribution in [0, 0.1) is 0 Å². The van der Waals surface area contributed by atoms with Crippen LogP contribution in [-0.4, -0.2) is 0 Å². The van der Waals surface area contributed by atoms with Crippen molar-refractivity contribution in [1.82, 2.24) is 0 Å². The molecular formula is C30H22S4. The van der Waals surface area contributed by atoms with E-state index >= 15 is 0 Å². The van der Waals surface area contributed by atoms with E-state index in [2.05, 4.69) is 98.1 Å². The minimum Gasteiger partial charge on any atom is -0.143 e. The topological polar surface area (TPSA) is 0 Å². The lowest BCUT2D eigenvalue weighted by atomic mass is 9.96. The summed E-state index contributed by atoms with van der Waals surface area (Å²) in [7, 11) is 0. The highest BCUT2D eigenvalue weighted by molar-refractivity contribution is 7.81. The van der Waals surface area contributed by atoms with Crippen LogP contribution < -0.4 is 0 Å². The maximum atomic E-state index is 4.82. The van der Waals surface area contributed by atoms with Gasteiger partial charge in [0, 0.05) is 19.6 Å². The summed E-state index contributed by atoms with van der Waals surface area (Å²) in [6.07, 6.45) is 0. The van der Waals surface area contributed by atoms with Crippen molar-refractivity contribution >= 4 is 50.5 Å². The molecule has 0 saturated heterocycles.